The zero-order valence-corrected chi connectivity index (χ0v) is 11.0. The fraction of sp³-hybridized carbons (Fsp3) is 0.500. The standard InChI is InChI=1S/C14H21N3O2/c15-12-7-4-6-11(14(16)19)13(12)17-8-3-1-2-5-10(17)9-18/h4,6-7,10,18H,1-3,5,8-9,15H2,(H2,16,19). The molecule has 1 amide bonds. The Morgan fingerprint density at radius 3 is 2.84 bits per heavy atom. The molecule has 1 aliphatic rings. The van der Waals surface area contributed by atoms with Gasteiger partial charge >= 0.3 is 0 Å². The van der Waals surface area contributed by atoms with Gasteiger partial charge in [0.1, 0.15) is 0 Å². The number of anilines is 2. The summed E-state index contributed by atoms with van der Waals surface area (Å²) in [4.78, 5) is 13.6. The average Bonchev–Trinajstić information content (AvgIpc) is 2.63. The van der Waals surface area contributed by atoms with Crippen molar-refractivity contribution >= 4 is 17.3 Å². The van der Waals surface area contributed by atoms with Gasteiger partial charge in [-0.25, -0.2) is 0 Å². The zero-order chi connectivity index (χ0) is 13.8. The van der Waals surface area contributed by atoms with E-state index in [4.69, 9.17) is 11.5 Å². The summed E-state index contributed by atoms with van der Waals surface area (Å²) < 4.78 is 0. The van der Waals surface area contributed by atoms with E-state index in [0.717, 1.165) is 32.2 Å². The molecule has 19 heavy (non-hydrogen) atoms. The van der Waals surface area contributed by atoms with E-state index in [1.807, 2.05) is 4.90 Å². The Kier molecular flexibility index (Phi) is 4.27. The van der Waals surface area contributed by atoms with Crippen molar-refractivity contribution in [3.05, 3.63) is 23.8 Å². The summed E-state index contributed by atoms with van der Waals surface area (Å²) >= 11 is 0. The number of para-hydroxylation sites is 1. The van der Waals surface area contributed by atoms with Crippen LogP contribution in [0.25, 0.3) is 0 Å². The minimum atomic E-state index is -0.483. The summed E-state index contributed by atoms with van der Waals surface area (Å²) in [5.41, 5.74) is 13.1. The lowest BCUT2D eigenvalue weighted by atomic mass is 10.1. The summed E-state index contributed by atoms with van der Waals surface area (Å²) in [5, 5.41) is 9.57. The van der Waals surface area contributed by atoms with Crippen LogP contribution in [0.4, 0.5) is 11.4 Å². The molecule has 1 saturated heterocycles. The van der Waals surface area contributed by atoms with Crippen LogP contribution < -0.4 is 16.4 Å². The van der Waals surface area contributed by atoms with Gasteiger partial charge in [0.15, 0.2) is 0 Å². The van der Waals surface area contributed by atoms with Crippen LogP contribution in [0, 0.1) is 0 Å². The van der Waals surface area contributed by atoms with Crippen LogP contribution in [0.2, 0.25) is 0 Å². The summed E-state index contributed by atoms with van der Waals surface area (Å²) in [7, 11) is 0. The second-order valence-electron chi connectivity index (χ2n) is 4.99. The summed E-state index contributed by atoms with van der Waals surface area (Å²) in [6, 6.07) is 5.18. The molecular formula is C14H21N3O2. The SMILES string of the molecule is NC(=O)c1cccc(N)c1N1CCCCCC1CO. The number of carbonyl (C=O) groups excluding carboxylic acids is 1. The lowest BCUT2D eigenvalue weighted by Crippen LogP contribution is -2.39. The van der Waals surface area contributed by atoms with Crippen LogP contribution in [0.3, 0.4) is 0 Å². The molecule has 0 bridgehead atoms. The summed E-state index contributed by atoms with van der Waals surface area (Å²) in [6.07, 6.45) is 4.15. The Morgan fingerprint density at radius 1 is 1.37 bits per heavy atom. The first-order chi connectivity index (χ1) is 9.15. The highest BCUT2D eigenvalue weighted by Gasteiger charge is 2.25. The fourth-order valence-corrected chi connectivity index (χ4v) is 2.74. The number of nitrogens with two attached hydrogens (primary N) is 2. The van der Waals surface area contributed by atoms with Crippen LogP contribution in [0.15, 0.2) is 18.2 Å². The highest BCUT2D eigenvalue weighted by Crippen LogP contribution is 2.32. The van der Waals surface area contributed by atoms with Crippen molar-refractivity contribution in [1.29, 1.82) is 0 Å². The number of aliphatic hydroxyl groups excluding tert-OH is 1. The molecule has 1 aliphatic heterocycles. The Balaban J connectivity index is 2.45. The molecule has 0 saturated carbocycles. The van der Waals surface area contributed by atoms with Crippen molar-refractivity contribution < 1.29 is 9.90 Å². The molecule has 1 heterocycles. The van der Waals surface area contributed by atoms with Crippen molar-refractivity contribution in [2.24, 2.45) is 5.73 Å². The molecule has 5 N–H and O–H groups in total. The van der Waals surface area contributed by atoms with E-state index in [1.54, 1.807) is 18.2 Å². The molecule has 1 aromatic rings. The molecule has 0 aliphatic carbocycles. The van der Waals surface area contributed by atoms with Gasteiger partial charge in [-0.15, -0.1) is 0 Å². The molecule has 1 aromatic carbocycles. The van der Waals surface area contributed by atoms with Crippen molar-refractivity contribution in [3.8, 4) is 0 Å². The maximum Gasteiger partial charge on any atom is 0.250 e. The van der Waals surface area contributed by atoms with Gasteiger partial charge in [-0.1, -0.05) is 18.9 Å². The second kappa shape index (κ2) is 5.93. The van der Waals surface area contributed by atoms with E-state index < -0.39 is 5.91 Å². The molecule has 0 spiro atoms. The van der Waals surface area contributed by atoms with Gasteiger partial charge in [-0.3, -0.25) is 4.79 Å². The smallest absolute Gasteiger partial charge is 0.250 e. The minimum Gasteiger partial charge on any atom is -0.397 e. The first-order valence-corrected chi connectivity index (χ1v) is 6.71. The number of amides is 1. The van der Waals surface area contributed by atoms with Gasteiger partial charge in [-0.2, -0.15) is 0 Å². The largest absolute Gasteiger partial charge is 0.397 e. The topological polar surface area (TPSA) is 92.6 Å². The van der Waals surface area contributed by atoms with Crippen LogP contribution in [-0.2, 0) is 0 Å². The number of carbonyl (C=O) groups is 1. The number of nitrogen functional groups attached to an aromatic ring is 1. The van der Waals surface area contributed by atoms with Crippen LogP contribution in [0.1, 0.15) is 36.0 Å². The maximum atomic E-state index is 11.6. The van der Waals surface area contributed by atoms with Crippen molar-refractivity contribution in [2.75, 3.05) is 23.8 Å². The maximum absolute atomic E-state index is 11.6. The predicted octanol–water partition coefficient (Wildman–Crippen LogP) is 1.11. The predicted molar refractivity (Wildman–Crippen MR) is 76.1 cm³/mol. The van der Waals surface area contributed by atoms with Gasteiger partial charge in [0.25, 0.3) is 5.91 Å². The molecule has 2 rings (SSSR count). The monoisotopic (exact) mass is 263 g/mol. The Labute approximate surface area is 113 Å². The summed E-state index contributed by atoms with van der Waals surface area (Å²) in [6.45, 7) is 0.853. The number of nitrogens with zero attached hydrogens (tertiary/aromatic N) is 1. The third-order valence-corrected chi connectivity index (χ3v) is 3.71. The number of hydrogen-bond acceptors (Lipinski definition) is 4. The van der Waals surface area contributed by atoms with Gasteiger partial charge in [0.2, 0.25) is 0 Å². The normalized spacial score (nSPS) is 20.1. The Bertz CT molecular complexity index is 462. The number of primary amides is 1. The van der Waals surface area contributed by atoms with E-state index in [1.165, 1.54) is 0 Å². The number of benzene rings is 1. The molecule has 5 heteroatoms. The van der Waals surface area contributed by atoms with Gasteiger partial charge in [-0.05, 0) is 25.0 Å². The van der Waals surface area contributed by atoms with Crippen molar-refractivity contribution in [1.82, 2.24) is 0 Å². The quantitative estimate of drug-likeness (QED) is 0.712. The number of hydrogen-bond donors (Lipinski definition) is 3. The molecule has 1 atom stereocenters. The van der Waals surface area contributed by atoms with E-state index in [9.17, 15) is 9.90 Å². The van der Waals surface area contributed by atoms with Crippen LogP contribution in [-0.4, -0.2) is 30.2 Å². The highest BCUT2D eigenvalue weighted by molar-refractivity contribution is 6.01. The molecule has 104 valence electrons. The van der Waals surface area contributed by atoms with Gasteiger partial charge in [0, 0.05) is 6.54 Å². The second-order valence-corrected chi connectivity index (χ2v) is 4.99. The van der Waals surface area contributed by atoms with Crippen molar-refractivity contribution in [2.45, 2.75) is 31.7 Å². The molecular weight excluding hydrogens is 242 g/mol. The van der Waals surface area contributed by atoms with E-state index >= 15 is 0 Å². The van der Waals surface area contributed by atoms with Gasteiger partial charge < -0.3 is 21.5 Å². The first kappa shape index (κ1) is 13.7. The molecule has 1 unspecified atom stereocenters. The average molecular weight is 263 g/mol. The Morgan fingerprint density at radius 2 is 2.16 bits per heavy atom. The third kappa shape index (κ3) is 2.81. The van der Waals surface area contributed by atoms with Crippen LogP contribution in [0.5, 0.6) is 0 Å². The third-order valence-electron chi connectivity index (χ3n) is 3.71. The zero-order valence-electron chi connectivity index (χ0n) is 11.0. The first-order valence-electron chi connectivity index (χ1n) is 6.71. The number of rotatable bonds is 3. The van der Waals surface area contributed by atoms with Crippen LogP contribution >= 0.6 is 0 Å². The molecule has 0 radical (unpaired) electrons. The Hall–Kier alpha value is -1.75. The summed E-state index contributed by atoms with van der Waals surface area (Å²) in [5.74, 6) is -0.483. The van der Waals surface area contributed by atoms with E-state index in [0.29, 0.717) is 16.9 Å². The fourth-order valence-electron chi connectivity index (χ4n) is 2.74. The van der Waals surface area contributed by atoms with Gasteiger partial charge in [0.05, 0.1) is 29.6 Å². The highest BCUT2D eigenvalue weighted by atomic mass is 16.3. The van der Waals surface area contributed by atoms with E-state index in [2.05, 4.69) is 0 Å². The molecule has 5 nitrogen and oxygen atoms in total. The van der Waals surface area contributed by atoms with Crippen molar-refractivity contribution in [3.63, 3.8) is 0 Å². The lowest BCUT2D eigenvalue weighted by molar-refractivity contribution is 0.100. The minimum absolute atomic E-state index is 0.00491. The molecule has 0 aromatic heterocycles. The lowest BCUT2D eigenvalue weighted by Gasteiger charge is -2.33. The number of aliphatic hydroxyl groups is 1. The molecule has 1 fully saturated rings. The van der Waals surface area contributed by atoms with E-state index in [-0.39, 0.29) is 12.6 Å².